The Bertz CT molecular complexity index is 462. The van der Waals surface area contributed by atoms with Gasteiger partial charge in [-0.2, -0.15) is 0 Å². The van der Waals surface area contributed by atoms with Crippen LogP contribution in [0.2, 0.25) is 0 Å². The topological polar surface area (TPSA) is 70.6 Å². The summed E-state index contributed by atoms with van der Waals surface area (Å²) in [6.07, 6.45) is 2.35. The molecule has 0 aromatic heterocycles. The van der Waals surface area contributed by atoms with Crippen LogP contribution >= 0.6 is 12.2 Å². The van der Waals surface area contributed by atoms with Crippen molar-refractivity contribution < 1.29 is 14.6 Å². The molecule has 0 unspecified atom stereocenters. The predicted octanol–water partition coefficient (Wildman–Crippen LogP) is 3.02. The molecular weight excluding hydrogens is 288 g/mol. The van der Waals surface area contributed by atoms with Crippen molar-refractivity contribution in [1.29, 1.82) is 0 Å². The monoisotopic (exact) mass is 310 g/mol. The summed E-state index contributed by atoms with van der Waals surface area (Å²) >= 11 is 5.08. The van der Waals surface area contributed by atoms with Crippen molar-refractivity contribution in [3.05, 3.63) is 24.3 Å². The molecule has 1 aromatic rings. The molecule has 1 aromatic carbocycles. The summed E-state index contributed by atoms with van der Waals surface area (Å²) in [6.45, 7) is 4.49. The number of aliphatic carboxylic acids is 1. The highest BCUT2D eigenvalue weighted by atomic mass is 32.1. The third-order valence-corrected chi connectivity index (χ3v) is 3.02. The van der Waals surface area contributed by atoms with Crippen molar-refractivity contribution in [2.24, 2.45) is 0 Å². The largest absolute Gasteiger partial charge is 0.491 e. The Kier molecular flexibility index (Phi) is 7.53. The van der Waals surface area contributed by atoms with E-state index in [-0.39, 0.29) is 12.5 Å². The van der Waals surface area contributed by atoms with Gasteiger partial charge in [0, 0.05) is 12.2 Å². The van der Waals surface area contributed by atoms with Gasteiger partial charge in [0.1, 0.15) is 5.75 Å². The smallest absolute Gasteiger partial charge is 0.305 e. The van der Waals surface area contributed by atoms with Gasteiger partial charge < -0.3 is 20.5 Å². The zero-order valence-electron chi connectivity index (χ0n) is 12.4. The van der Waals surface area contributed by atoms with Crippen molar-refractivity contribution in [1.82, 2.24) is 5.32 Å². The minimum Gasteiger partial charge on any atom is -0.491 e. The van der Waals surface area contributed by atoms with E-state index < -0.39 is 5.97 Å². The quantitative estimate of drug-likeness (QED) is 0.641. The van der Waals surface area contributed by atoms with Gasteiger partial charge in [0.25, 0.3) is 0 Å². The number of hydrogen-bond acceptors (Lipinski definition) is 3. The first kappa shape index (κ1) is 17.2. The van der Waals surface area contributed by atoms with E-state index >= 15 is 0 Å². The van der Waals surface area contributed by atoms with E-state index in [1.807, 2.05) is 24.3 Å². The molecule has 3 N–H and O–H groups in total. The first-order valence-corrected chi connectivity index (χ1v) is 7.45. The van der Waals surface area contributed by atoms with Gasteiger partial charge in [0.15, 0.2) is 5.11 Å². The minimum absolute atomic E-state index is 0.0317. The summed E-state index contributed by atoms with van der Waals surface area (Å²) in [4.78, 5) is 10.4. The molecule has 6 heteroatoms. The van der Waals surface area contributed by atoms with Crippen molar-refractivity contribution in [2.45, 2.75) is 39.2 Å². The number of carboxylic acid groups (broad SMARTS) is 1. The predicted molar refractivity (Wildman–Crippen MR) is 87.9 cm³/mol. The zero-order valence-corrected chi connectivity index (χ0v) is 13.2. The molecule has 0 fully saturated rings. The summed E-state index contributed by atoms with van der Waals surface area (Å²) in [6, 6.07) is 7.51. The third-order valence-electron chi connectivity index (χ3n) is 2.77. The van der Waals surface area contributed by atoms with Crippen LogP contribution in [0.15, 0.2) is 24.3 Å². The van der Waals surface area contributed by atoms with Crippen LogP contribution in [0.4, 0.5) is 5.69 Å². The molecule has 0 radical (unpaired) electrons. The standard InChI is InChI=1S/C15H22N2O3S/c1-3-4-11(2)20-13-7-5-12(6-8-13)17-15(21)16-10-9-14(18)19/h5-8,11H,3-4,9-10H2,1-2H3,(H,18,19)(H2,16,17,21)/t11-/m0/s1. The molecule has 1 rings (SSSR count). The van der Waals surface area contributed by atoms with Gasteiger partial charge in [-0.1, -0.05) is 13.3 Å². The van der Waals surface area contributed by atoms with Crippen LogP contribution in [-0.2, 0) is 4.79 Å². The van der Waals surface area contributed by atoms with Crippen molar-refractivity contribution in [2.75, 3.05) is 11.9 Å². The Balaban J connectivity index is 2.39. The van der Waals surface area contributed by atoms with E-state index in [2.05, 4.69) is 24.5 Å². The van der Waals surface area contributed by atoms with Gasteiger partial charge in [-0.05, 0) is 49.8 Å². The van der Waals surface area contributed by atoms with Crippen LogP contribution in [0, 0.1) is 0 Å². The van der Waals surface area contributed by atoms with E-state index in [1.165, 1.54) is 0 Å². The van der Waals surface area contributed by atoms with E-state index in [1.54, 1.807) is 0 Å². The number of rotatable bonds is 8. The number of anilines is 1. The Hall–Kier alpha value is -1.82. The van der Waals surface area contributed by atoms with Gasteiger partial charge in [-0.25, -0.2) is 0 Å². The lowest BCUT2D eigenvalue weighted by atomic mass is 10.2. The van der Waals surface area contributed by atoms with E-state index in [9.17, 15) is 4.79 Å². The number of carbonyl (C=O) groups is 1. The number of carboxylic acids is 1. The Morgan fingerprint density at radius 3 is 2.62 bits per heavy atom. The molecule has 0 amide bonds. The lowest BCUT2D eigenvalue weighted by Gasteiger charge is -2.14. The average molecular weight is 310 g/mol. The molecular formula is C15H22N2O3S. The lowest BCUT2D eigenvalue weighted by Crippen LogP contribution is -2.30. The third kappa shape index (κ3) is 7.51. The SMILES string of the molecule is CCC[C@H](C)Oc1ccc(NC(=S)NCCC(=O)O)cc1. The van der Waals surface area contributed by atoms with E-state index in [4.69, 9.17) is 22.1 Å². The highest BCUT2D eigenvalue weighted by molar-refractivity contribution is 7.80. The number of nitrogens with one attached hydrogen (secondary N) is 2. The molecule has 0 aliphatic heterocycles. The molecule has 0 spiro atoms. The van der Waals surface area contributed by atoms with Gasteiger partial charge >= 0.3 is 5.97 Å². The molecule has 0 bridgehead atoms. The van der Waals surface area contributed by atoms with E-state index in [0.29, 0.717) is 11.7 Å². The van der Waals surface area contributed by atoms with Gasteiger partial charge in [0.05, 0.1) is 12.5 Å². The summed E-state index contributed by atoms with van der Waals surface area (Å²) in [7, 11) is 0. The van der Waals surface area contributed by atoms with Crippen molar-refractivity contribution >= 4 is 29.0 Å². The minimum atomic E-state index is -0.854. The molecule has 0 heterocycles. The van der Waals surface area contributed by atoms with Crippen molar-refractivity contribution in [3.8, 4) is 5.75 Å². The van der Waals surface area contributed by atoms with Crippen LogP contribution in [0.3, 0.4) is 0 Å². The fraction of sp³-hybridized carbons (Fsp3) is 0.467. The first-order valence-electron chi connectivity index (χ1n) is 7.04. The molecule has 21 heavy (non-hydrogen) atoms. The second-order valence-corrected chi connectivity index (χ2v) is 5.17. The van der Waals surface area contributed by atoms with E-state index in [0.717, 1.165) is 24.3 Å². The lowest BCUT2D eigenvalue weighted by molar-refractivity contribution is -0.136. The summed E-state index contributed by atoms with van der Waals surface area (Å²) < 4.78 is 5.76. The summed E-state index contributed by atoms with van der Waals surface area (Å²) in [5.41, 5.74) is 0.832. The van der Waals surface area contributed by atoms with Gasteiger partial charge in [-0.3, -0.25) is 4.79 Å². The number of hydrogen-bond donors (Lipinski definition) is 3. The van der Waals surface area contributed by atoms with Crippen LogP contribution < -0.4 is 15.4 Å². The number of benzene rings is 1. The van der Waals surface area contributed by atoms with Crippen LogP contribution in [0.5, 0.6) is 5.75 Å². The summed E-state index contributed by atoms with van der Waals surface area (Å²) in [5, 5.41) is 14.8. The maximum atomic E-state index is 10.4. The highest BCUT2D eigenvalue weighted by Gasteiger charge is 2.03. The summed E-state index contributed by atoms with van der Waals surface area (Å²) in [5.74, 6) is -0.0285. The Morgan fingerprint density at radius 2 is 2.05 bits per heavy atom. The molecule has 0 saturated carbocycles. The van der Waals surface area contributed by atoms with Crippen molar-refractivity contribution in [3.63, 3.8) is 0 Å². The average Bonchev–Trinajstić information content (AvgIpc) is 2.41. The maximum Gasteiger partial charge on any atom is 0.305 e. The Labute approximate surface area is 130 Å². The van der Waals surface area contributed by atoms with Crippen LogP contribution in [0.1, 0.15) is 33.1 Å². The fourth-order valence-corrected chi connectivity index (χ4v) is 1.99. The second kappa shape index (κ2) is 9.18. The highest BCUT2D eigenvalue weighted by Crippen LogP contribution is 2.18. The maximum absolute atomic E-state index is 10.4. The molecule has 116 valence electrons. The molecule has 0 aliphatic carbocycles. The zero-order chi connectivity index (χ0) is 15.7. The molecule has 5 nitrogen and oxygen atoms in total. The Morgan fingerprint density at radius 1 is 1.38 bits per heavy atom. The molecule has 0 aliphatic rings. The number of ether oxygens (including phenoxy) is 1. The van der Waals surface area contributed by atoms with Gasteiger partial charge in [0.2, 0.25) is 0 Å². The number of thiocarbonyl (C=S) groups is 1. The molecule has 0 saturated heterocycles. The first-order chi connectivity index (χ1) is 10.0. The van der Waals surface area contributed by atoms with Gasteiger partial charge in [-0.15, -0.1) is 0 Å². The van der Waals surface area contributed by atoms with Crippen LogP contribution in [-0.4, -0.2) is 28.8 Å². The fourth-order valence-electron chi connectivity index (χ4n) is 1.77. The second-order valence-electron chi connectivity index (χ2n) is 4.77. The van der Waals surface area contributed by atoms with Crippen LogP contribution in [0.25, 0.3) is 0 Å². The molecule has 1 atom stereocenters. The normalized spacial score (nSPS) is 11.5.